The van der Waals surface area contributed by atoms with E-state index in [4.69, 9.17) is 0 Å². The maximum absolute atomic E-state index is 3.80. The van der Waals surface area contributed by atoms with Gasteiger partial charge in [-0.15, -0.1) is 0 Å². The first-order valence-corrected chi connectivity index (χ1v) is 9.61. The van der Waals surface area contributed by atoms with Gasteiger partial charge in [-0.3, -0.25) is 0 Å². The number of thioether (sulfide) groups is 1. The lowest BCUT2D eigenvalue weighted by Gasteiger charge is -2.37. The van der Waals surface area contributed by atoms with Crippen LogP contribution in [0.25, 0.3) is 0 Å². The summed E-state index contributed by atoms with van der Waals surface area (Å²) in [5, 5.41) is 4.67. The highest BCUT2D eigenvalue weighted by Crippen LogP contribution is 2.35. The summed E-state index contributed by atoms with van der Waals surface area (Å²) in [6.45, 7) is 10.5. The standard InChI is InChI=1S/C17H35NS/c1-5-8-15-9-10-16(18-11-6-2)17(12-15)19-13-14(4)7-3/h14-18H,5-13H2,1-4H3. The number of hydrogen-bond donors (Lipinski definition) is 1. The van der Waals surface area contributed by atoms with Crippen molar-refractivity contribution in [3.63, 3.8) is 0 Å². The summed E-state index contributed by atoms with van der Waals surface area (Å²) in [5.74, 6) is 3.23. The Hall–Kier alpha value is 0.310. The first-order chi connectivity index (χ1) is 9.21. The Labute approximate surface area is 125 Å². The maximum atomic E-state index is 3.80. The highest BCUT2D eigenvalue weighted by atomic mass is 32.2. The van der Waals surface area contributed by atoms with Gasteiger partial charge >= 0.3 is 0 Å². The molecule has 1 rings (SSSR count). The fourth-order valence-electron chi connectivity index (χ4n) is 3.04. The Morgan fingerprint density at radius 1 is 1.16 bits per heavy atom. The molecule has 4 unspecified atom stereocenters. The highest BCUT2D eigenvalue weighted by Gasteiger charge is 2.30. The molecule has 2 heteroatoms. The SMILES string of the molecule is CCCNC1CCC(CCC)CC1SCC(C)CC. The smallest absolute Gasteiger partial charge is 0.0203 e. The average molecular weight is 286 g/mol. The zero-order valence-electron chi connectivity index (χ0n) is 13.6. The number of hydrogen-bond acceptors (Lipinski definition) is 2. The lowest BCUT2D eigenvalue weighted by molar-refractivity contribution is 0.287. The summed E-state index contributed by atoms with van der Waals surface area (Å²) in [4.78, 5) is 0. The Morgan fingerprint density at radius 2 is 1.95 bits per heavy atom. The van der Waals surface area contributed by atoms with Crippen LogP contribution in [0.3, 0.4) is 0 Å². The van der Waals surface area contributed by atoms with Crippen LogP contribution >= 0.6 is 11.8 Å². The van der Waals surface area contributed by atoms with E-state index in [2.05, 4.69) is 44.8 Å². The molecule has 1 aliphatic carbocycles. The summed E-state index contributed by atoms with van der Waals surface area (Å²) in [7, 11) is 0. The molecule has 0 spiro atoms. The van der Waals surface area contributed by atoms with E-state index in [9.17, 15) is 0 Å². The molecule has 0 radical (unpaired) electrons. The Morgan fingerprint density at radius 3 is 2.58 bits per heavy atom. The predicted molar refractivity (Wildman–Crippen MR) is 90.0 cm³/mol. The van der Waals surface area contributed by atoms with Gasteiger partial charge in [-0.05, 0) is 49.8 Å². The molecule has 1 nitrogen and oxygen atoms in total. The molecular formula is C17H35NS. The molecule has 0 aromatic heterocycles. The fraction of sp³-hybridized carbons (Fsp3) is 1.00. The first kappa shape index (κ1) is 17.4. The largest absolute Gasteiger partial charge is 0.313 e. The molecule has 1 fully saturated rings. The van der Waals surface area contributed by atoms with Gasteiger partial charge in [-0.1, -0.05) is 47.0 Å². The van der Waals surface area contributed by atoms with Crippen LogP contribution < -0.4 is 5.32 Å². The Balaban J connectivity index is 2.44. The number of rotatable bonds is 9. The topological polar surface area (TPSA) is 12.0 Å². The van der Waals surface area contributed by atoms with Crippen LogP contribution in [0.5, 0.6) is 0 Å². The van der Waals surface area contributed by atoms with Crippen molar-refractivity contribution in [1.82, 2.24) is 5.32 Å². The second-order valence-corrected chi connectivity index (χ2v) is 7.69. The summed E-state index contributed by atoms with van der Waals surface area (Å²) >= 11 is 2.26. The Bertz CT molecular complexity index is 219. The van der Waals surface area contributed by atoms with E-state index < -0.39 is 0 Å². The number of nitrogens with one attached hydrogen (secondary N) is 1. The van der Waals surface area contributed by atoms with Crippen LogP contribution in [0.15, 0.2) is 0 Å². The summed E-state index contributed by atoms with van der Waals surface area (Å²) < 4.78 is 0. The van der Waals surface area contributed by atoms with Crippen molar-refractivity contribution >= 4 is 11.8 Å². The van der Waals surface area contributed by atoms with Crippen LogP contribution in [0.2, 0.25) is 0 Å². The zero-order chi connectivity index (χ0) is 14.1. The van der Waals surface area contributed by atoms with E-state index in [1.807, 2.05) is 0 Å². The molecule has 0 aromatic carbocycles. The van der Waals surface area contributed by atoms with Gasteiger partial charge in [0.05, 0.1) is 0 Å². The first-order valence-electron chi connectivity index (χ1n) is 8.56. The minimum Gasteiger partial charge on any atom is -0.313 e. The molecule has 19 heavy (non-hydrogen) atoms. The summed E-state index contributed by atoms with van der Waals surface area (Å²) in [6.07, 6.45) is 9.71. The van der Waals surface area contributed by atoms with Crippen molar-refractivity contribution < 1.29 is 0 Å². The minimum absolute atomic E-state index is 0.780. The van der Waals surface area contributed by atoms with Crippen molar-refractivity contribution in [2.45, 2.75) is 83.9 Å². The van der Waals surface area contributed by atoms with Gasteiger partial charge in [-0.25, -0.2) is 0 Å². The molecule has 0 saturated heterocycles. The molecule has 0 bridgehead atoms. The van der Waals surface area contributed by atoms with Gasteiger partial charge < -0.3 is 5.32 Å². The quantitative estimate of drug-likeness (QED) is 0.632. The van der Waals surface area contributed by atoms with Gasteiger partial charge in [0.2, 0.25) is 0 Å². The van der Waals surface area contributed by atoms with Crippen molar-refractivity contribution in [1.29, 1.82) is 0 Å². The fourth-order valence-corrected chi connectivity index (χ4v) is 4.72. The van der Waals surface area contributed by atoms with Gasteiger partial charge in [-0.2, -0.15) is 11.8 Å². The van der Waals surface area contributed by atoms with E-state index in [-0.39, 0.29) is 0 Å². The van der Waals surface area contributed by atoms with E-state index in [1.165, 1.54) is 57.2 Å². The van der Waals surface area contributed by atoms with E-state index >= 15 is 0 Å². The van der Waals surface area contributed by atoms with Gasteiger partial charge in [0.25, 0.3) is 0 Å². The molecule has 0 heterocycles. The highest BCUT2D eigenvalue weighted by molar-refractivity contribution is 7.99. The molecule has 0 aromatic rings. The van der Waals surface area contributed by atoms with E-state index in [0.717, 1.165) is 23.1 Å². The second-order valence-electron chi connectivity index (χ2n) is 6.41. The van der Waals surface area contributed by atoms with Gasteiger partial charge in [0.15, 0.2) is 0 Å². The Kier molecular flexibility index (Phi) is 9.23. The van der Waals surface area contributed by atoms with Crippen LogP contribution in [0.1, 0.15) is 72.6 Å². The average Bonchev–Trinajstić information content (AvgIpc) is 2.44. The van der Waals surface area contributed by atoms with Crippen molar-refractivity contribution in [2.75, 3.05) is 12.3 Å². The van der Waals surface area contributed by atoms with E-state index in [0.29, 0.717) is 0 Å². The predicted octanol–water partition coefficient (Wildman–Crippen LogP) is 5.10. The lowest BCUT2D eigenvalue weighted by Crippen LogP contribution is -2.43. The van der Waals surface area contributed by atoms with Crippen LogP contribution in [0, 0.1) is 11.8 Å². The van der Waals surface area contributed by atoms with E-state index in [1.54, 1.807) is 0 Å². The van der Waals surface area contributed by atoms with Crippen molar-refractivity contribution in [3.05, 3.63) is 0 Å². The summed E-state index contributed by atoms with van der Waals surface area (Å²) in [6, 6.07) is 0.780. The molecule has 114 valence electrons. The zero-order valence-corrected chi connectivity index (χ0v) is 14.4. The van der Waals surface area contributed by atoms with Gasteiger partial charge in [0, 0.05) is 11.3 Å². The van der Waals surface area contributed by atoms with Crippen LogP contribution in [-0.2, 0) is 0 Å². The summed E-state index contributed by atoms with van der Waals surface area (Å²) in [5.41, 5.74) is 0. The normalized spacial score (nSPS) is 29.4. The monoisotopic (exact) mass is 285 g/mol. The second kappa shape index (κ2) is 10.1. The molecule has 1 saturated carbocycles. The minimum atomic E-state index is 0.780. The molecule has 1 aliphatic rings. The van der Waals surface area contributed by atoms with Crippen LogP contribution in [0.4, 0.5) is 0 Å². The lowest BCUT2D eigenvalue weighted by atomic mass is 9.83. The third kappa shape index (κ3) is 6.53. The third-order valence-electron chi connectivity index (χ3n) is 4.55. The van der Waals surface area contributed by atoms with Crippen molar-refractivity contribution in [2.24, 2.45) is 11.8 Å². The van der Waals surface area contributed by atoms with Crippen molar-refractivity contribution in [3.8, 4) is 0 Å². The molecule has 1 N–H and O–H groups in total. The van der Waals surface area contributed by atoms with Crippen LogP contribution in [-0.4, -0.2) is 23.6 Å². The van der Waals surface area contributed by atoms with Gasteiger partial charge in [0.1, 0.15) is 0 Å². The molecule has 0 amide bonds. The maximum Gasteiger partial charge on any atom is 0.0203 e. The molecular weight excluding hydrogens is 250 g/mol. The third-order valence-corrected chi connectivity index (χ3v) is 6.26. The molecule has 0 aliphatic heterocycles. The molecule has 4 atom stereocenters.